The van der Waals surface area contributed by atoms with Crippen molar-refractivity contribution in [1.82, 2.24) is 0 Å². The van der Waals surface area contributed by atoms with Gasteiger partial charge in [0.1, 0.15) is 0 Å². The van der Waals surface area contributed by atoms with Gasteiger partial charge in [-0.2, -0.15) is 5.26 Å². The zero-order valence-corrected chi connectivity index (χ0v) is 9.07. The Hall–Kier alpha value is -1.62. The van der Waals surface area contributed by atoms with E-state index in [1.54, 1.807) is 0 Å². The van der Waals surface area contributed by atoms with Gasteiger partial charge in [0.2, 0.25) is 0 Å². The van der Waals surface area contributed by atoms with E-state index in [0.717, 1.165) is 17.7 Å². The maximum Gasteiger partial charge on any atom is 0.0765 e. The normalized spacial score (nSPS) is 23.3. The molecule has 1 aromatic rings. The van der Waals surface area contributed by atoms with Crippen molar-refractivity contribution in [3.63, 3.8) is 0 Å². The van der Waals surface area contributed by atoms with Crippen LogP contribution in [0.1, 0.15) is 25.8 Å². The first-order chi connectivity index (χ1) is 7.13. The SMILES string of the molecule is CC1(C)N=C(c2ccccc2)CC1C#N. The minimum absolute atomic E-state index is 0.00714. The van der Waals surface area contributed by atoms with Crippen molar-refractivity contribution in [2.24, 2.45) is 10.9 Å². The van der Waals surface area contributed by atoms with Gasteiger partial charge in [-0.25, -0.2) is 0 Å². The lowest BCUT2D eigenvalue weighted by Crippen LogP contribution is -2.22. The molecule has 0 fully saturated rings. The zero-order valence-electron chi connectivity index (χ0n) is 9.07. The minimum Gasteiger partial charge on any atom is -0.282 e. The molecule has 0 spiro atoms. The van der Waals surface area contributed by atoms with Crippen molar-refractivity contribution in [2.45, 2.75) is 25.8 Å². The number of hydrogen-bond donors (Lipinski definition) is 0. The van der Waals surface area contributed by atoms with E-state index < -0.39 is 0 Å². The second-order valence-corrected chi connectivity index (χ2v) is 4.46. The lowest BCUT2D eigenvalue weighted by molar-refractivity contribution is 0.434. The average molecular weight is 198 g/mol. The third-order valence-corrected chi connectivity index (χ3v) is 2.94. The van der Waals surface area contributed by atoms with Crippen LogP contribution in [0.4, 0.5) is 0 Å². The first-order valence-corrected chi connectivity index (χ1v) is 5.17. The first kappa shape index (κ1) is 9.92. The molecular formula is C13H14N2. The molecule has 1 aliphatic rings. The number of benzene rings is 1. The Balaban J connectivity index is 2.33. The van der Waals surface area contributed by atoms with Gasteiger partial charge in [0.25, 0.3) is 0 Å². The quantitative estimate of drug-likeness (QED) is 0.683. The lowest BCUT2D eigenvalue weighted by Gasteiger charge is -2.17. The highest BCUT2D eigenvalue weighted by Gasteiger charge is 2.36. The Bertz CT molecular complexity index is 424. The van der Waals surface area contributed by atoms with Crippen molar-refractivity contribution in [3.05, 3.63) is 35.9 Å². The molecule has 2 rings (SSSR count). The van der Waals surface area contributed by atoms with Crippen LogP contribution in [0, 0.1) is 17.2 Å². The van der Waals surface area contributed by atoms with Gasteiger partial charge in [0, 0.05) is 12.1 Å². The molecule has 0 saturated heterocycles. The molecule has 0 saturated carbocycles. The maximum atomic E-state index is 9.04. The Morgan fingerprint density at radius 1 is 1.33 bits per heavy atom. The molecule has 2 nitrogen and oxygen atoms in total. The van der Waals surface area contributed by atoms with Gasteiger partial charge in [-0.3, -0.25) is 4.99 Å². The van der Waals surface area contributed by atoms with Crippen LogP contribution in [0.15, 0.2) is 35.3 Å². The van der Waals surface area contributed by atoms with Crippen LogP contribution in [0.3, 0.4) is 0 Å². The molecular weight excluding hydrogens is 184 g/mol. The van der Waals surface area contributed by atoms with E-state index in [4.69, 9.17) is 5.26 Å². The van der Waals surface area contributed by atoms with E-state index in [0.29, 0.717) is 0 Å². The van der Waals surface area contributed by atoms with Crippen molar-refractivity contribution in [2.75, 3.05) is 0 Å². The molecule has 1 atom stereocenters. The van der Waals surface area contributed by atoms with Crippen LogP contribution in [-0.4, -0.2) is 11.3 Å². The third kappa shape index (κ3) is 1.78. The molecule has 0 amide bonds. The molecule has 1 unspecified atom stereocenters. The fourth-order valence-corrected chi connectivity index (χ4v) is 1.93. The van der Waals surface area contributed by atoms with Crippen LogP contribution in [0.2, 0.25) is 0 Å². The highest BCUT2D eigenvalue weighted by atomic mass is 14.9. The van der Waals surface area contributed by atoms with Gasteiger partial charge in [0.05, 0.1) is 17.5 Å². The molecule has 2 heteroatoms. The van der Waals surface area contributed by atoms with Gasteiger partial charge in [-0.15, -0.1) is 0 Å². The molecule has 1 heterocycles. The number of nitrogens with zero attached hydrogens (tertiary/aromatic N) is 2. The fourth-order valence-electron chi connectivity index (χ4n) is 1.93. The Morgan fingerprint density at radius 3 is 2.53 bits per heavy atom. The number of rotatable bonds is 1. The second-order valence-electron chi connectivity index (χ2n) is 4.46. The third-order valence-electron chi connectivity index (χ3n) is 2.94. The summed E-state index contributed by atoms with van der Waals surface area (Å²) in [7, 11) is 0. The summed E-state index contributed by atoms with van der Waals surface area (Å²) in [5.41, 5.74) is 1.97. The lowest BCUT2D eigenvalue weighted by atomic mass is 9.88. The van der Waals surface area contributed by atoms with Crippen molar-refractivity contribution in [3.8, 4) is 6.07 Å². The summed E-state index contributed by atoms with van der Waals surface area (Å²) < 4.78 is 0. The molecule has 0 bridgehead atoms. The molecule has 15 heavy (non-hydrogen) atoms. The number of aliphatic imine (C=N–C) groups is 1. The van der Waals surface area contributed by atoms with Crippen LogP contribution in [-0.2, 0) is 0 Å². The van der Waals surface area contributed by atoms with Crippen molar-refractivity contribution < 1.29 is 0 Å². The van der Waals surface area contributed by atoms with Gasteiger partial charge >= 0.3 is 0 Å². The summed E-state index contributed by atoms with van der Waals surface area (Å²) in [5, 5.41) is 9.04. The van der Waals surface area contributed by atoms with E-state index in [9.17, 15) is 0 Å². The summed E-state index contributed by atoms with van der Waals surface area (Å²) in [6.45, 7) is 4.05. The number of hydrogen-bond acceptors (Lipinski definition) is 2. The molecule has 0 aromatic heterocycles. The molecule has 0 radical (unpaired) electrons. The van der Waals surface area contributed by atoms with E-state index in [-0.39, 0.29) is 11.5 Å². The predicted molar refractivity (Wildman–Crippen MR) is 60.8 cm³/mol. The molecule has 0 N–H and O–H groups in total. The first-order valence-electron chi connectivity index (χ1n) is 5.17. The Labute approximate surface area is 90.3 Å². The van der Waals surface area contributed by atoms with E-state index >= 15 is 0 Å². The molecule has 1 aromatic carbocycles. The van der Waals surface area contributed by atoms with Crippen LogP contribution in [0.25, 0.3) is 0 Å². The summed E-state index contributed by atoms with van der Waals surface area (Å²) >= 11 is 0. The van der Waals surface area contributed by atoms with Gasteiger partial charge in [-0.1, -0.05) is 30.3 Å². The highest BCUT2D eigenvalue weighted by molar-refractivity contribution is 6.02. The van der Waals surface area contributed by atoms with Gasteiger partial charge in [-0.05, 0) is 19.4 Å². The molecule has 76 valence electrons. The summed E-state index contributed by atoms with van der Waals surface area (Å²) in [6, 6.07) is 12.4. The van der Waals surface area contributed by atoms with E-state index in [1.165, 1.54) is 0 Å². The number of nitriles is 1. The second kappa shape index (κ2) is 3.51. The van der Waals surface area contributed by atoms with Crippen molar-refractivity contribution >= 4 is 5.71 Å². The topological polar surface area (TPSA) is 36.1 Å². The van der Waals surface area contributed by atoms with Crippen LogP contribution < -0.4 is 0 Å². The summed E-state index contributed by atoms with van der Waals surface area (Å²) in [4.78, 5) is 4.64. The molecule has 1 aliphatic heterocycles. The summed E-state index contributed by atoms with van der Waals surface area (Å²) in [6.07, 6.45) is 0.771. The maximum absolute atomic E-state index is 9.04. The molecule has 0 aliphatic carbocycles. The summed E-state index contributed by atoms with van der Waals surface area (Å²) in [5.74, 6) is 0.00714. The largest absolute Gasteiger partial charge is 0.282 e. The van der Waals surface area contributed by atoms with Gasteiger partial charge < -0.3 is 0 Å². The average Bonchev–Trinajstić information content (AvgIpc) is 2.55. The smallest absolute Gasteiger partial charge is 0.0765 e. The van der Waals surface area contributed by atoms with E-state index in [2.05, 4.69) is 23.2 Å². The Kier molecular flexibility index (Phi) is 2.32. The zero-order chi connectivity index (χ0) is 10.9. The van der Waals surface area contributed by atoms with Crippen LogP contribution >= 0.6 is 0 Å². The monoisotopic (exact) mass is 198 g/mol. The predicted octanol–water partition coefficient (Wildman–Crippen LogP) is 2.80. The van der Waals surface area contributed by atoms with Crippen LogP contribution in [0.5, 0.6) is 0 Å². The minimum atomic E-state index is -0.236. The highest BCUT2D eigenvalue weighted by Crippen LogP contribution is 2.33. The van der Waals surface area contributed by atoms with E-state index in [1.807, 2.05) is 32.0 Å². The van der Waals surface area contributed by atoms with Crippen molar-refractivity contribution in [1.29, 1.82) is 5.26 Å². The standard InChI is InChI=1S/C13H14N2/c1-13(2)11(9-14)8-12(15-13)10-6-4-3-5-7-10/h3-7,11H,8H2,1-2H3. The van der Waals surface area contributed by atoms with Gasteiger partial charge in [0.15, 0.2) is 0 Å². The fraction of sp³-hybridized carbons (Fsp3) is 0.385. The Morgan fingerprint density at radius 2 is 2.00 bits per heavy atom.